The summed E-state index contributed by atoms with van der Waals surface area (Å²) in [7, 11) is 0. The van der Waals surface area contributed by atoms with Gasteiger partial charge in [-0.3, -0.25) is 14.7 Å². The summed E-state index contributed by atoms with van der Waals surface area (Å²) < 4.78 is 11.3. The summed E-state index contributed by atoms with van der Waals surface area (Å²) in [4.78, 5) is 25.0. The number of morpholine rings is 1. The molecule has 0 unspecified atom stereocenters. The van der Waals surface area contributed by atoms with Crippen molar-refractivity contribution in [2.75, 3.05) is 31.1 Å². The van der Waals surface area contributed by atoms with Crippen molar-refractivity contribution in [2.24, 2.45) is 0 Å². The minimum Gasteiger partial charge on any atom is -0.494 e. The first-order valence-electron chi connectivity index (χ1n) is 10.5. The van der Waals surface area contributed by atoms with E-state index in [9.17, 15) is 4.79 Å². The van der Waals surface area contributed by atoms with Crippen molar-refractivity contribution in [1.82, 2.24) is 14.9 Å². The average Bonchev–Trinajstić information content (AvgIpc) is 2.69. The quantitative estimate of drug-likeness (QED) is 0.834. The lowest BCUT2D eigenvalue weighted by Crippen LogP contribution is -2.47. The molecule has 2 aliphatic rings. The van der Waals surface area contributed by atoms with Gasteiger partial charge < -0.3 is 14.4 Å². The predicted molar refractivity (Wildman–Crippen MR) is 113 cm³/mol. The Balaban J connectivity index is 1.49. The van der Waals surface area contributed by atoms with Crippen LogP contribution in [0.3, 0.4) is 0 Å². The zero-order valence-corrected chi connectivity index (χ0v) is 17.5. The van der Waals surface area contributed by atoms with Crippen LogP contribution in [0.5, 0.6) is 5.75 Å². The van der Waals surface area contributed by atoms with Gasteiger partial charge in [0, 0.05) is 38.3 Å². The molecule has 0 bridgehead atoms. The fourth-order valence-electron chi connectivity index (χ4n) is 4.23. The number of nitrogens with one attached hydrogen (secondary N) is 1. The number of nitrogens with zero attached hydrogens (tertiary/aromatic N) is 3. The molecule has 29 heavy (non-hydrogen) atoms. The molecule has 2 aromatic rings. The number of fused-ring (bicyclic) bond motifs is 1. The lowest BCUT2D eigenvalue weighted by Gasteiger charge is -2.36. The molecule has 156 valence electrons. The van der Waals surface area contributed by atoms with Gasteiger partial charge in [-0.05, 0) is 44.9 Å². The van der Waals surface area contributed by atoms with Crippen LogP contribution in [-0.2, 0) is 24.2 Å². The molecule has 7 nitrogen and oxygen atoms in total. The zero-order valence-electron chi connectivity index (χ0n) is 17.5. The second-order valence-electron chi connectivity index (χ2n) is 8.01. The number of H-pyrrole nitrogens is 1. The van der Waals surface area contributed by atoms with Crippen molar-refractivity contribution in [2.45, 2.75) is 52.5 Å². The van der Waals surface area contributed by atoms with Gasteiger partial charge in [-0.25, -0.2) is 4.98 Å². The number of rotatable bonds is 5. The number of aromatic amines is 1. The Labute approximate surface area is 171 Å². The maximum Gasteiger partial charge on any atom is 0.255 e. The second-order valence-corrected chi connectivity index (χ2v) is 8.01. The number of ether oxygens (including phenoxy) is 2. The molecular weight excluding hydrogens is 368 g/mol. The smallest absolute Gasteiger partial charge is 0.255 e. The molecule has 1 fully saturated rings. The third-order valence-electron chi connectivity index (χ3n) is 5.50. The van der Waals surface area contributed by atoms with Crippen LogP contribution in [0.25, 0.3) is 0 Å². The van der Waals surface area contributed by atoms with Gasteiger partial charge >= 0.3 is 0 Å². The van der Waals surface area contributed by atoms with E-state index in [0.29, 0.717) is 19.1 Å². The van der Waals surface area contributed by atoms with Gasteiger partial charge in [0.1, 0.15) is 5.75 Å². The molecular formula is C22H30N4O3. The highest BCUT2D eigenvalue weighted by atomic mass is 16.5. The van der Waals surface area contributed by atoms with E-state index in [1.165, 1.54) is 5.56 Å². The van der Waals surface area contributed by atoms with Gasteiger partial charge in [0.15, 0.2) is 0 Å². The van der Waals surface area contributed by atoms with Gasteiger partial charge in [0.2, 0.25) is 5.95 Å². The topological polar surface area (TPSA) is 70.7 Å². The van der Waals surface area contributed by atoms with E-state index in [1.807, 2.05) is 19.1 Å². The summed E-state index contributed by atoms with van der Waals surface area (Å²) >= 11 is 0. The van der Waals surface area contributed by atoms with Crippen LogP contribution in [0.1, 0.15) is 37.6 Å². The lowest BCUT2D eigenvalue weighted by atomic mass is 10.1. The van der Waals surface area contributed by atoms with E-state index in [-0.39, 0.29) is 17.8 Å². The van der Waals surface area contributed by atoms with Crippen LogP contribution in [-0.4, -0.2) is 53.3 Å². The second kappa shape index (κ2) is 8.55. The van der Waals surface area contributed by atoms with Crippen LogP contribution in [0, 0.1) is 0 Å². The number of anilines is 1. The van der Waals surface area contributed by atoms with Gasteiger partial charge in [0.05, 0.1) is 24.5 Å². The van der Waals surface area contributed by atoms with E-state index in [2.05, 4.69) is 40.8 Å². The third-order valence-corrected chi connectivity index (χ3v) is 5.50. The molecule has 3 heterocycles. The van der Waals surface area contributed by atoms with Crippen LogP contribution < -0.4 is 15.2 Å². The molecule has 1 aromatic heterocycles. The number of hydrogen-bond donors (Lipinski definition) is 1. The van der Waals surface area contributed by atoms with Crippen LogP contribution in [0.15, 0.2) is 29.1 Å². The van der Waals surface area contributed by atoms with E-state index >= 15 is 0 Å². The minimum absolute atomic E-state index is 0.00230. The Morgan fingerprint density at radius 2 is 1.93 bits per heavy atom. The lowest BCUT2D eigenvalue weighted by molar-refractivity contribution is -0.00576. The maximum absolute atomic E-state index is 12.7. The van der Waals surface area contributed by atoms with Gasteiger partial charge in [0.25, 0.3) is 5.56 Å². The molecule has 7 heteroatoms. The van der Waals surface area contributed by atoms with E-state index in [1.54, 1.807) is 0 Å². The van der Waals surface area contributed by atoms with E-state index in [4.69, 9.17) is 14.5 Å². The summed E-state index contributed by atoms with van der Waals surface area (Å²) in [5, 5.41) is 0. The Morgan fingerprint density at radius 3 is 2.62 bits per heavy atom. The highest BCUT2D eigenvalue weighted by Gasteiger charge is 2.27. The first-order valence-corrected chi connectivity index (χ1v) is 10.5. The SMILES string of the molecule is CCOc1ccc(CN2CCc3c(nc(N4C[C@@H](C)O[C@@H](C)C4)[nH]c3=O)C2)cc1. The van der Waals surface area contributed by atoms with Crippen molar-refractivity contribution >= 4 is 5.95 Å². The van der Waals surface area contributed by atoms with E-state index < -0.39 is 0 Å². The normalized spacial score (nSPS) is 22.4. The number of hydrogen-bond acceptors (Lipinski definition) is 6. The molecule has 1 saturated heterocycles. The first-order chi connectivity index (χ1) is 14.0. The van der Waals surface area contributed by atoms with Crippen molar-refractivity contribution in [3.63, 3.8) is 0 Å². The fraction of sp³-hybridized carbons (Fsp3) is 0.545. The van der Waals surface area contributed by atoms with Crippen molar-refractivity contribution in [3.05, 3.63) is 51.4 Å². The molecule has 0 amide bonds. The zero-order chi connectivity index (χ0) is 20.4. The van der Waals surface area contributed by atoms with E-state index in [0.717, 1.165) is 49.6 Å². The van der Waals surface area contributed by atoms with Gasteiger partial charge in [-0.15, -0.1) is 0 Å². The van der Waals surface area contributed by atoms with Crippen molar-refractivity contribution in [3.8, 4) is 5.75 Å². The highest BCUT2D eigenvalue weighted by molar-refractivity contribution is 5.35. The molecule has 1 aromatic carbocycles. The summed E-state index contributed by atoms with van der Waals surface area (Å²) in [6.45, 7) is 10.6. The van der Waals surface area contributed by atoms with Gasteiger partial charge in [-0.1, -0.05) is 12.1 Å². The molecule has 1 N–H and O–H groups in total. The summed E-state index contributed by atoms with van der Waals surface area (Å²) in [6, 6.07) is 8.23. The molecule has 0 spiro atoms. The minimum atomic E-state index is -0.00230. The predicted octanol–water partition coefficient (Wildman–Crippen LogP) is 2.34. The molecule has 0 radical (unpaired) electrons. The van der Waals surface area contributed by atoms with Crippen molar-refractivity contribution < 1.29 is 9.47 Å². The van der Waals surface area contributed by atoms with Crippen LogP contribution in [0.2, 0.25) is 0 Å². The van der Waals surface area contributed by atoms with Gasteiger partial charge in [-0.2, -0.15) is 0 Å². The molecule has 2 aliphatic heterocycles. The Morgan fingerprint density at radius 1 is 1.21 bits per heavy atom. The fourth-order valence-corrected chi connectivity index (χ4v) is 4.23. The number of aromatic nitrogens is 2. The van der Waals surface area contributed by atoms with Crippen molar-refractivity contribution in [1.29, 1.82) is 0 Å². The molecule has 0 aliphatic carbocycles. The summed E-state index contributed by atoms with van der Waals surface area (Å²) in [5.74, 6) is 1.56. The average molecular weight is 399 g/mol. The summed E-state index contributed by atoms with van der Waals surface area (Å²) in [6.07, 6.45) is 0.970. The Kier molecular flexibility index (Phi) is 5.87. The van der Waals surface area contributed by atoms with Crippen LogP contribution >= 0.6 is 0 Å². The first kappa shape index (κ1) is 19.9. The molecule has 0 saturated carbocycles. The standard InChI is InChI=1S/C22H30N4O3/c1-4-28-18-7-5-17(6-8-18)13-25-10-9-19-20(14-25)23-22(24-21(19)27)26-11-15(2)29-16(3)12-26/h5-8,15-16H,4,9-14H2,1-3H3,(H,23,24,27)/t15-,16+. The number of benzene rings is 1. The Bertz CT molecular complexity index is 886. The summed E-state index contributed by atoms with van der Waals surface area (Å²) in [5.41, 5.74) is 2.95. The molecule has 4 rings (SSSR count). The van der Waals surface area contributed by atoms with Crippen LogP contribution in [0.4, 0.5) is 5.95 Å². The maximum atomic E-state index is 12.7. The molecule has 2 atom stereocenters. The highest BCUT2D eigenvalue weighted by Crippen LogP contribution is 2.21. The Hall–Kier alpha value is -2.38. The largest absolute Gasteiger partial charge is 0.494 e. The third kappa shape index (κ3) is 4.62. The monoisotopic (exact) mass is 398 g/mol.